The van der Waals surface area contributed by atoms with Crippen LogP contribution in [0.15, 0.2) is 24.3 Å². The molecular formula is C13H13N3O3S2. The van der Waals surface area contributed by atoms with Gasteiger partial charge in [0.05, 0.1) is 4.92 Å². The third-order valence-electron chi connectivity index (χ3n) is 3.32. The van der Waals surface area contributed by atoms with E-state index in [0.29, 0.717) is 29.7 Å². The molecule has 0 atom stereocenters. The average Bonchev–Trinajstić information content (AvgIpc) is 2.72. The van der Waals surface area contributed by atoms with E-state index in [-0.39, 0.29) is 11.6 Å². The predicted octanol–water partition coefficient (Wildman–Crippen LogP) is 2.91. The van der Waals surface area contributed by atoms with E-state index in [1.807, 2.05) is 0 Å². The van der Waals surface area contributed by atoms with E-state index in [2.05, 4.69) is 4.98 Å². The number of nitro groups is 1. The van der Waals surface area contributed by atoms with Gasteiger partial charge in [-0.3, -0.25) is 14.9 Å². The van der Waals surface area contributed by atoms with Crippen molar-refractivity contribution in [2.75, 3.05) is 24.6 Å². The van der Waals surface area contributed by atoms with Gasteiger partial charge in [0.2, 0.25) is 0 Å². The number of hydrogen-bond donors (Lipinski definition) is 1. The van der Waals surface area contributed by atoms with E-state index < -0.39 is 4.92 Å². The van der Waals surface area contributed by atoms with Crippen LogP contribution in [0.2, 0.25) is 0 Å². The number of nitrogens with zero attached hydrogens (tertiary/aromatic N) is 2. The van der Waals surface area contributed by atoms with Gasteiger partial charge in [0.1, 0.15) is 11.2 Å². The monoisotopic (exact) mass is 323 g/mol. The first-order valence-corrected chi connectivity index (χ1v) is 8.95. The first kappa shape index (κ1) is 14.3. The number of nitrogens with one attached hydrogen (secondary N) is 1. The Morgan fingerprint density at radius 3 is 2.67 bits per heavy atom. The summed E-state index contributed by atoms with van der Waals surface area (Å²) in [6, 6.07) is 6.52. The number of rotatable bonds is 2. The van der Waals surface area contributed by atoms with Crippen LogP contribution in [0.25, 0.3) is 10.9 Å². The van der Waals surface area contributed by atoms with Crippen molar-refractivity contribution in [3.8, 4) is 0 Å². The van der Waals surface area contributed by atoms with E-state index in [1.54, 1.807) is 44.7 Å². The number of carbonyl (C=O) groups excluding carboxylic acids is 1. The molecule has 3 rings (SSSR count). The summed E-state index contributed by atoms with van der Waals surface area (Å²) in [7, 11) is 3.53. The summed E-state index contributed by atoms with van der Waals surface area (Å²) in [5.41, 5.74) is 0.814. The summed E-state index contributed by atoms with van der Waals surface area (Å²) >= 11 is 0. The molecule has 1 aliphatic heterocycles. The molecule has 1 amide bonds. The minimum absolute atomic E-state index is 0.00599. The lowest BCUT2D eigenvalue weighted by molar-refractivity contribution is -0.383. The Bertz CT molecular complexity index is 693. The van der Waals surface area contributed by atoms with Gasteiger partial charge in [0.15, 0.2) is 0 Å². The van der Waals surface area contributed by atoms with E-state index in [0.717, 1.165) is 11.5 Å². The van der Waals surface area contributed by atoms with Crippen molar-refractivity contribution in [1.29, 1.82) is 0 Å². The molecule has 1 N–H and O–H groups in total. The maximum absolute atomic E-state index is 12.5. The SMILES string of the molecule is O=C(c1cc2cccc([N+](=O)[O-])c2[nH]1)N1CCSSCC1. The Morgan fingerprint density at radius 1 is 1.29 bits per heavy atom. The van der Waals surface area contributed by atoms with Crippen molar-refractivity contribution in [1.82, 2.24) is 9.88 Å². The molecule has 1 fully saturated rings. The Labute approximate surface area is 128 Å². The number of aromatic amines is 1. The number of amides is 1. The summed E-state index contributed by atoms with van der Waals surface area (Å²) in [5, 5.41) is 11.7. The molecule has 8 heteroatoms. The van der Waals surface area contributed by atoms with Crippen molar-refractivity contribution < 1.29 is 9.72 Å². The summed E-state index contributed by atoms with van der Waals surface area (Å²) in [4.78, 5) is 27.8. The van der Waals surface area contributed by atoms with Gasteiger partial charge in [-0.15, -0.1) is 0 Å². The fourth-order valence-electron chi connectivity index (χ4n) is 2.31. The van der Waals surface area contributed by atoms with Crippen LogP contribution in [-0.2, 0) is 0 Å². The second-order valence-electron chi connectivity index (χ2n) is 4.62. The van der Waals surface area contributed by atoms with E-state index in [1.165, 1.54) is 6.07 Å². The minimum Gasteiger partial charge on any atom is -0.345 e. The van der Waals surface area contributed by atoms with Gasteiger partial charge in [-0.1, -0.05) is 33.7 Å². The molecule has 1 saturated heterocycles. The number of fused-ring (bicyclic) bond motifs is 1. The maximum atomic E-state index is 12.5. The second-order valence-corrected chi connectivity index (χ2v) is 7.32. The molecule has 0 spiro atoms. The highest BCUT2D eigenvalue weighted by Crippen LogP contribution is 2.27. The lowest BCUT2D eigenvalue weighted by Crippen LogP contribution is -2.34. The van der Waals surface area contributed by atoms with Gasteiger partial charge in [-0.2, -0.15) is 0 Å². The maximum Gasteiger partial charge on any atom is 0.293 e. The zero-order valence-electron chi connectivity index (χ0n) is 11.1. The molecule has 0 aliphatic carbocycles. The molecule has 2 aromatic rings. The van der Waals surface area contributed by atoms with Gasteiger partial charge in [0, 0.05) is 36.0 Å². The van der Waals surface area contributed by atoms with Crippen LogP contribution in [0.5, 0.6) is 0 Å². The Kier molecular flexibility index (Phi) is 4.07. The summed E-state index contributed by atoms with van der Waals surface area (Å²) in [6.07, 6.45) is 0. The van der Waals surface area contributed by atoms with Crippen LogP contribution in [0.3, 0.4) is 0 Å². The van der Waals surface area contributed by atoms with Crippen molar-refractivity contribution in [2.24, 2.45) is 0 Å². The number of nitro benzene ring substituents is 1. The third-order valence-corrected chi connectivity index (χ3v) is 5.69. The Balaban J connectivity index is 1.95. The molecular weight excluding hydrogens is 310 g/mol. The number of para-hydroxylation sites is 1. The van der Waals surface area contributed by atoms with E-state index in [4.69, 9.17) is 0 Å². The largest absolute Gasteiger partial charge is 0.345 e. The molecule has 0 unspecified atom stereocenters. The van der Waals surface area contributed by atoms with Gasteiger partial charge >= 0.3 is 0 Å². The average molecular weight is 323 g/mol. The first-order valence-electron chi connectivity index (χ1n) is 6.46. The molecule has 1 aromatic heterocycles. The number of aromatic nitrogens is 1. The smallest absolute Gasteiger partial charge is 0.293 e. The van der Waals surface area contributed by atoms with Crippen LogP contribution >= 0.6 is 21.6 Å². The molecule has 110 valence electrons. The summed E-state index contributed by atoms with van der Waals surface area (Å²) in [5.74, 6) is 1.71. The number of benzene rings is 1. The fraction of sp³-hybridized carbons (Fsp3) is 0.308. The van der Waals surface area contributed by atoms with Gasteiger partial charge < -0.3 is 9.88 Å². The van der Waals surface area contributed by atoms with Gasteiger partial charge in [-0.05, 0) is 6.07 Å². The van der Waals surface area contributed by atoms with Crippen LogP contribution in [-0.4, -0.2) is 45.3 Å². The highest BCUT2D eigenvalue weighted by molar-refractivity contribution is 8.76. The topological polar surface area (TPSA) is 79.2 Å². The molecule has 21 heavy (non-hydrogen) atoms. The minimum atomic E-state index is -0.438. The number of hydrogen-bond acceptors (Lipinski definition) is 5. The highest BCUT2D eigenvalue weighted by atomic mass is 33.1. The van der Waals surface area contributed by atoms with E-state index >= 15 is 0 Å². The van der Waals surface area contributed by atoms with Crippen LogP contribution in [0, 0.1) is 10.1 Å². The first-order chi connectivity index (χ1) is 10.2. The Hall–Kier alpha value is -1.67. The molecule has 0 bridgehead atoms. The number of H-pyrrole nitrogens is 1. The third kappa shape index (κ3) is 2.86. The summed E-state index contributed by atoms with van der Waals surface area (Å²) in [6.45, 7) is 1.40. The van der Waals surface area contributed by atoms with Crippen molar-refractivity contribution in [3.05, 3.63) is 40.1 Å². The van der Waals surface area contributed by atoms with Crippen molar-refractivity contribution in [2.45, 2.75) is 0 Å². The second kappa shape index (κ2) is 5.98. The summed E-state index contributed by atoms with van der Waals surface area (Å²) < 4.78 is 0. The van der Waals surface area contributed by atoms with Crippen molar-refractivity contribution >= 4 is 44.1 Å². The molecule has 0 saturated carbocycles. The van der Waals surface area contributed by atoms with Crippen molar-refractivity contribution in [3.63, 3.8) is 0 Å². The zero-order chi connectivity index (χ0) is 14.8. The van der Waals surface area contributed by atoms with Gasteiger partial charge in [-0.25, -0.2) is 0 Å². The Morgan fingerprint density at radius 2 is 2.00 bits per heavy atom. The highest BCUT2D eigenvalue weighted by Gasteiger charge is 2.21. The molecule has 2 heterocycles. The van der Waals surface area contributed by atoms with Crippen LogP contribution < -0.4 is 0 Å². The normalized spacial score (nSPS) is 15.9. The fourth-order valence-corrected chi connectivity index (χ4v) is 4.29. The molecule has 1 aromatic carbocycles. The van der Waals surface area contributed by atoms with Gasteiger partial charge in [0.25, 0.3) is 11.6 Å². The predicted molar refractivity (Wildman–Crippen MR) is 85.8 cm³/mol. The zero-order valence-corrected chi connectivity index (χ0v) is 12.7. The number of non-ortho nitro benzene ring substituents is 1. The van der Waals surface area contributed by atoms with Crippen LogP contribution in [0.4, 0.5) is 5.69 Å². The molecule has 6 nitrogen and oxygen atoms in total. The molecule has 1 aliphatic rings. The molecule has 0 radical (unpaired) electrons. The standard InChI is InChI=1S/C13H13N3O3S2/c17-13(15-4-6-20-21-7-5-15)10-8-9-2-1-3-11(16(18)19)12(9)14-10/h1-3,8,14H,4-7H2. The van der Waals surface area contributed by atoms with Crippen LogP contribution in [0.1, 0.15) is 10.5 Å². The van der Waals surface area contributed by atoms with E-state index in [9.17, 15) is 14.9 Å². The lowest BCUT2D eigenvalue weighted by Gasteiger charge is -2.18. The lowest BCUT2D eigenvalue weighted by atomic mass is 10.2. The quantitative estimate of drug-likeness (QED) is 0.522. The number of carbonyl (C=O) groups is 1.